The van der Waals surface area contributed by atoms with E-state index in [-0.39, 0.29) is 17.9 Å². The number of aliphatic carboxylic acids is 1. The Kier molecular flexibility index (Phi) is 6.40. The molecule has 2 N–H and O–H groups in total. The highest BCUT2D eigenvalue weighted by molar-refractivity contribution is 5.94. The molecule has 1 aliphatic rings. The number of carbonyl (C=O) groups is 2. The molecule has 6 nitrogen and oxygen atoms in total. The lowest BCUT2D eigenvalue weighted by molar-refractivity contribution is -0.142. The van der Waals surface area contributed by atoms with Gasteiger partial charge in [0, 0.05) is 18.7 Å². The topological polar surface area (TPSA) is 84.9 Å². The van der Waals surface area contributed by atoms with Crippen LogP contribution >= 0.6 is 0 Å². The summed E-state index contributed by atoms with van der Waals surface area (Å²) in [4.78, 5) is 23.1. The standard InChI is InChI=1S/C17H23NO5/c1-22-10-11-23-15-8-4-12(5-9-15)16(19)18-14-6-2-13(3-7-14)17(20)21/h4-5,8-9,13-14H,2-3,6-7,10-11H2,1H3,(H,18,19)(H,20,21). The Balaban J connectivity index is 1.80. The Hall–Kier alpha value is -2.08. The van der Waals surface area contributed by atoms with Crippen LogP contribution in [0.1, 0.15) is 36.0 Å². The molecule has 0 spiro atoms. The van der Waals surface area contributed by atoms with Crippen LogP contribution in [0.3, 0.4) is 0 Å². The number of rotatable bonds is 7. The molecule has 0 radical (unpaired) electrons. The first-order valence-corrected chi connectivity index (χ1v) is 7.85. The summed E-state index contributed by atoms with van der Waals surface area (Å²) in [5, 5.41) is 12.0. The maximum Gasteiger partial charge on any atom is 0.306 e. The van der Waals surface area contributed by atoms with Crippen molar-refractivity contribution in [2.45, 2.75) is 31.7 Å². The third kappa shape index (κ3) is 5.25. The van der Waals surface area contributed by atoms with Crippen LogP contribution < -0.4 is 10.1 Å². The summed E-state index contributed by atoms with van der Waals surface area (Å²) in [7, 11) is 1.61. The summed E-state index contributed by atoms with van der Waals surface area (Å²) < 4.78 is 10.4. The van der Waals surface area contributed by atoms with Crippen molar-refractivity contribution in [1.82, 2.24) is 5.32 Å². The number of carboxylic acid groups (broad SMARTS) is 1. The number of carbonyl (C=O) groups excluding carboxylic acids is 1. The molecular formula is C17H23NO5. The monoisotopic (exact) mass is 321 g/mol. The smallest absolute Gasteiger partial charge is 0.306 e. The molecule has 126 valence electrons. The fourth-order valence-corrected chi connectivity index (χ4v) is 2.70. The zero-order valence-corrected chi connectivity index (χ0v) is 13.3. The van der Waals surface area contributed by atoms with Gasteiger partial charge in [-0.3, -0.25) is 9.59 Å². The van der Waals surface area contributed by atoms with E-state index < -0.39 is 5.97 Å². The molecule has 0 unspecified atom stereocenters. The van der Waals surface area contributed by atoms with Crippen LogP contribution in [0.15, 0.2) is 24.3 Å². The Morgan fingerprint density at radius 2 is 1.78 bits per heavy atom. The highest BCUT2D eigenvalue weighted by Crippen LogP contribution is 2.24. The zero-order chi connectivity index (χ0) is 16.7. The maximum atomic E-state index is 12.2. The number of carboxylic acids is 1. The maximum absolute atomic E-state index is 12.2. The highest BCUT2D eigenvalue weighted by Gasteiger charge is 2.26. The van der Waals surface area contributed by atoms with Crippen molar-refractivity contribution >= 4 is 11.9 Å². The number of amides is 1. The summed E-state index contributed by atoms with van der Waals surface area (Å²) in [6, 6.07) is 7.01. The molecule has 6 heteroatoms. The first-order chi connectivity index (χ1) is 11.1. The molecule has 1 aromatic rings. The molecule has 0 aliphatic heterocycles. The Morgan fingerprint density at radius 1 is 1.13 bits per heavy atom. The third-order valence-corrected chi connectivity index (χ3v) is 4.08. The van der Waals surface area contributed by atoms with E-state index in [1.54, 1.807) is 31.4 Å². The molecule has 23 heavy (non-hydrogen) atoms. The van der Waals surface area contributed by atoms with Gasteiger partial charge in [-0.25, -0.2) is 0 Å². The van der Waals surface area contributed by atoms with Crippen molar-refractivity contribution in [3.8, 4) is 5.75 Å². The number of methoxy groups -OCH3 is 1. The first kappa shape index (κ1) is 17.3. The number of benzene rings is 1. The van der Waals surface area contributed by atoms with E-state index in [2.05, 4.69) is 5.32 Å². The molecule has 1 fully saturated rings. The van der Waals surface area contributed by atoms with Gasteiger partial charge in [-0.1, -0.05) is 0 Å². The van der Waals surface area contributed by atoms with Crippen molar-refractivity contribution in [1.29, 1.82) is 0 Å². The van der Waals surface area contributed by atoms with Crippen LogP contribution in [-0.2, 0) is 9.53 Å². The molecule has 2 rings (SSSR count). The van der Waals surface area contributed by atoms with Crippen molar-refractivity contribution < 1.29 is 24.2 Å². The van der Waals surface area contributed by atoms with Crippen molar-refractivity contribution in [3.05, 3.63) is 29.8 Å². The summed E-state index contributed by atoms with van der Waals surface area (Å²) in [5.74, 6) is -0.446. The van der Waals surface area contributed by atoms with Gasteiger partial charge in [0.1, 0.15) is 12.4 Å². The van der Waals surface area contributed by atoms with Crippen LogP contribution in [-0.4, -0.2) is 43.3 Å². The van der Waals surface area contributed by atoms with Crippen molar-refractivity contribution in [2.24, 2.45) is 5.92 Å². The van der Waals surface area contributed by atoms with Crippen LogP contribution in [0.2, 0.25) is 0 Å². The second-order valence-electron chi connectivity index (χ2n) is 5.73. The minimum atomic E-state index is -0.737. The van der Waals surface area contributed by atoms with Crippen LogP contribution in [0.5, 0.6) is 5.75 Å². The van der Waals surface area contributed by atoms with Crippen LogP contribution in [0.4, 0.5) is 0 Å². The van der Waals surface area contributed by atoms with Gasteiger partial charge in [-0.05, 0) is 49.9 Å². The Labute approximate surface area is 135 Å². The van der Waals surface area contributed by atoms with E-state index in [4.69, 9.17) is 14.6 Å². The van der Waals surface area contributed by atoms with E-state index in [1.807, 2.05) is 0 Å². The first-order valence-electron chi connectivity index (χ1n) is 7.85. The zero-order valence-electron chi connectivity index (χ0n) is 13.3. The van der Waals surface area contributed by atoms with Gasteiger partial charge < -0.3 is 19.9 Å². The lowest BCUT2D eigenvalue weighted by Crippen LogP contribution is -2.38. The Morgan fingerprint density at radius 3 is 2.35 bits per heavy atom. The van der Waals surface area contributed by atoms with E-state index in [1.165, 1.54) is 0 Å². The molecule has 1 amide bonds. The SMILES string of the molecule is COCCOc1ccc(C(=O)NC2CCC(C(=O)O)CC2)cc1. The van der Waals surface area contributed by atoms with E-state index in [9.17, 15) is 9.59 Å². The molecule has 1 aromatic carbocycles. The predicted molar refractivity (Wildman–Crippen MR) is 84.7 cm³/mol. The molecule has 1 saturated carbocycles. The van der Waals surface area contributed by atoms with Crippen molar-refractivity contribution in [3.63, 3.8) is 0 Å². The van der Waals surface area contributed by atoms with Gasteiger partial charge in [-0.2, -0.15) is 0 Å². The van der Waals surface area contributed by atoms with Gasteiger partial charge in [0.15, 0.2) is 0 Å². The average molecular weight is 321 g/mol. The third-order valence-electron chi connectivity index (χ3n) is 4.08. The number of nitrogens with one attached hydrogen (secondary N) is 1. The summed E-state index contributed by atoms with van der Waals surface area (Å²) in [6.45, 7) is 0.982. The highest BCUT2D eigenvalue weighted by atomic mass is 16.5. The normalized spacial score (nSPS) is 20.7. The van der Waals surface area contributed by atoms with Gasteiger partial charge in [0.25, 0.3) is 5.91 Å². The molecule has 0 saturated heterocycles. The quantitative estimate of drug-likeness (QED) is 0.751. The number of hydrogen-bond donors (Lipinski definition) is 2. The van der Waals surface area contributed by atoms with Crippen LogP contribution in [0, 0.1) is 5.92 Å². The minimum absolute atomic E-state index is 0.0516. The fourth-order valence-electron chi connectivity index (χ4n) is 2.70. The largest absolute Gasteiger partial charge is 0.491 e. The number of ether oxygens (including phenoxy) is 2. The molecule has 0 bridgehead atoms. The second-order valence-corrected chi connectivity index (χ2v) is 5.73. The van der Waals surface area contributed by atoms with Gasteiger partial charge in [0.05, 0.1) is 12.5 Å². The molecular weight excluding hydrogens is 298 g/mol. The van der Waals surface area contributed by atoms with Crippen LogP contribution in [0.25, 0.3) is 0 Å². The fraction of sp³-hybridized carbons (Fsp3) is 0.529. The molecule has 0 aromatic heterocycles. The molecule has 0 heterocycles. The summed E-state index contributed by atoms with van der Waals surface area (Å²) >= 11 is 0. The number of hydrogen-bond acceptors (Lipinski definition) is 4. The predicted octanol–water partition coefficient (Wildman–Crippen LogP) is 2.08. The van der Waals surface area contributed by atoms with Gasteiger partial charge in [-0.15, -0.1) is 0 Å². The van der Waals surface area contributed by atoms with Gasteiger partial charge >= 0.3 is 5.97 Å². The lowest BCUT2D eigenvalue weighted by atomic mass is 9.86. The lowest BCUT2D eigenvalue weighted by Gasteiger charge is -2.26. The molecule has 1 aliphatic carbocycles. The minimum Gasteiger partial charge on any atom is -0.491 e. The second kappa shape index (κ2) is 8.53. The van der Waals surface area contributed by atoms with Gasteiger partial charge in [0.2, 0.25) is 0 Å². The van der Waals surface area contributed by atoms with E-state index in [0.29, 0.717) is 50.2 Å². The molecule has 0 atom stereocenters. The van der Waals surface area contributed by atoms with E-state index >= 15 is 0 Å². The van der Waals surface area contributed by atoms with Crippen molar-refractivity contribution in [2.75, 3.05) is 20.3 Å². The van der Waals surface area contributed by atoms with E-state index in [0.717, 1.165) is 0 Å². The Bertz CT molecular complexity index is 520. The summed E-state index contributed by atoms with van der Waals surface area (Å²) in [6.07, 6.45) is 2.65. The summed E-state index contributed by atoms with van der Waals surface area (Å²) in [5.41, 5.74) is 0.574. The average Bonchev–Trinajstić information content (AvgIpc) is 2.56.